The molecule has 1 heterocycles. The lowest BCUT2D eigenvalue weighted by molar-refractivity contribution is -0.143. The second-order valence-electron chi connectivity index (χ2n) is 3.54. The van der Waals surface area contributed by atoms with Gasteiger partial charge in [-0.1, -0.05) is 18.6 Å². The van der Waals surface area contributed by atoms with E-state index in [1.54, 1.807) is 0 Å². The predicted octanol–water partition coefficient (Wildman–Crippen LogP) is 1.29. The Kier molecular flexibility index (Phi) is 4.28. The number of aromatic nitrogens is 3. The van der Waals surface area contributed by atoms with Gasteiger partial charge in [-0.15, -0.1) is 5.10 Å². The van der Waals surface area contributed by atoms with Crippen molar-refractivity contribution in [1.82, 2.24) is 15.0 Å². The lowest BCUT2D eigenvalue weighted by atomic mass is 10.1. The molecule has 0 fully saturated rings. The van der Waals surface area contributed by atoms with Crippen molar-refractivity contribution < 1.29 is 13.2 Å². The van der Waals surface area contributed by atoms with Gasteiger partial charge in [0.2, 0.25) is 0 Å². The summed E-state index contributed by atoms with van der Waals surface area (Å²) in [6.45, 7) is 1.18. The molecule has 1 aromatic rings. The smallest absolute Gasteiger partial charge is 0.330 e. The number of hydrogen-bond acceptors (Lipinski definition) is 3. The summed E-state index contributed by atoms with van der Waals surface area (Å²) in [5.41, 5.74) is 6.49. The van der Waals surface area contributed by atoms with Crippen LogP contribution < -0.4 is 5.73 Å². The minimum atomic E-state index is -4.27. The van der Waals surface area contributed by atoms with Gasteiger partial charge in [-0.05, 0) is 13.0 Å². The van der Waals surface area contributed by atoms with E-state index in [-0.39, 0.29) is 0 Å². The van der Waals surface area contributed by atoms with Crippen molar-refractivity contribution >= 4 is 0 Å². The zero-order valence-corrected chi connectivity index (χ0v) is 9.09. The quantitative estimate of drug-likeness (QED) is 0.838. The Morgan fingerprint density at radius 3 is 2.50 bits per heavy atom. The normalized spacial score (nSPS) is 12.1. The van der Waals surface area contributed by atoms with Gasteiger partial charge in [0.1, 0.15) is 6.54 Å². The van der Waals surface area contributed by atoms with Gasteiger partial charge < -0.3 is 5.73 Å². The Morgan fingerprint density at radius 2 is 2.00 bits per heavy atom. The number of nitrogens with zero attached hydrogens (tertiary/aromatic N) is 3. The summed E-state index contributed by atoms with van der Waals surface area (Å²) < 4.78 is 37.7. The lowest BCUT2D eigenvalue weighted by Gasteiger charge is -2.09. The number of rotatable bonds is 5. The highest BCUT2D eigenvalue weighted by molar-refractivity contribution is 5.11. The molecule has 0 unspecified atom stereocenters. The SMILES string of the molecule is CCCc1c(CCN)nnn1CC(F)(F)F. The highest BCUT2D eigenvalue weighted by Crippen LogP contribution is 2.19. The summed E-state index contributed by atoms with van der Waals surface area (Å²) in [6.07, 6.45) is -2.51. The standard InChI is InChI=1S/C9H15F3N4/c1-2-3-8-7(4-5-13)14-15-16(8)6-9(10,11)12/h2-6,13H2,1H3. The van der Waals surface area contributed by atoms with Crippen molar-refractivity contribution in [2.24, 2.45) is 5.73 Å². The minimum absolute atomic E-state index is 0.363. The fourth-order valence-corrected chi connectivity index (χ4v) is 1.51. The second-order valence-corrected chi connectivity index (χ2v) is 3.54. The fourth-order valence-electron chi connectivity index (χ4n) is 1.51. The zero-order chi connectivity index (χ0) is 12.2. The summed E-state index contributed by atoms with van der Waals surface area (Å²) in [6, 6.07) is 0. The van der Waals surface area contributed by atoms with Crippen LogP contribution in [-0.4, -0.2) is 27.7 Å². The molecule has 0 bridgehead atoms. The first-order valence-corrected chi connectivity index (χ1v) is 5.16. The zero-order valence-electron chi connectivity index (χ0n) is 9.09. The van der Waals surface area contributed by atoms with Crippen LogP contribution in [0, 0.1) is 0 Å². The molecule has 0 aromatic carbocycles. The van der Waals surface area contributed by atoms with Crippen LogP contribution in [0.15, 0.2) is 0 Å². The van der Waals surface area contributed by atoms with Crippen molar-refractivity contribution in [3.8, 4) is 0 Å². The fraction of sp³-hybridized carbons (Fsp3) is 0.778. The lowest BCUT2D eigenvalue weighted by Crippen LogP contribution is -2.20. The van der Waals surface area contributed by atoms with E-state index in [0.29, 0.717) is 30.8 Å². The van der Waals surface area contributed by atoms with E-state index in [0.717, 1.165) is 11.1 Å². The number of hydrogen-bond donors (Lipinski definition) is 1. The summed E-state index contributed by atoms with van der Waals surface area (Å²) in [5, 5.41) is 7.27. The van der Waals surface area contributed by atoms with Gasteiger partial charge in [0, 0.05) is 6.42 Å². The third-order valence-electron chi connectivity index (χ3n) is 2.12. The van der Waals surface area contributed by atoms with E-state index in [2.05, 4.69) is 10.3 Å². The summed E-state index contributed by atoms with van der Waals surface area (Å²) in [5.74, 6) is 0. The first-order chi connectivity index (χ1) is 7.48. The Labute approximate surface area is 91.6 Å². The van der Waals surface area contributed by atoms with Crippen molar-refractivity contribution in [2.45, 2.75) is 38.9 Å². The minimum Gasteiger partial charge on any atom is -0.330 e. The molecule has 0 aliphatic carbocycles. The maximum absolute atomic E-state index is 12.2. The van der Waals surface area contributed by atoms with Crippen LogP contribution in [0.2, 0.25) is 0 Å². The first kappa shape index (κ1) is 13.0. The van der Waals surface area contributed by atoms with Gasteiger partial charge in [-0.3, -0.25) is 0 Å². The second kappa shape index (κ2) is 5.29. The number of alkyl halides is 3. The number of nitrogens with two attached hydrogens (primary N) is 1. The van der Waals surface area contributed by atoms with Gasteiger partial charge in [0.05, 0.1) is 11.4 Å². The third kappa shape index (κ3) is 3.48. The van der Waals surface area contributed by atoms with E-state index in [1.807, 2.05) is 6.92 Å². The summed E-state index contributed by atoms with van der Waals surface area (Å²) >= 11 is 0. The van der Waals surface area contributed by atoms with E-state index in [9.17, 15) is 13.2 Å². The molecule has 1 aromatic heterocycles. The van der Waals surface area contributed by atoms with Crippen LogP contribution in [0.25, 0.3) is 0 Å². The molecule has 2 N–H and O–H groups in total. The average molecular weight is 236 g/mol. The van der Waals surface area contributed by atoms with Gasteiger partial charge >= 0.3 is 6.18 Å². The molecule has 0 amide bonds. The molecule has 0 atom stereocenters. The molecule has 0 saturated heterocycles. The van der Waals surface area contributed by atoms with Gasteiger partial charge in [0.15, 0.2) is 0 Å². The summed E-state index contributed by atoms with van der Waals surface area (Å²) in [4.78, 5) is 0. The van der Waals surface area contributed by atoms with E-state index in [4.69, 9.17) is 5.73 Å². The van der Waals surface area contributed by atoms with Gasteiger partial charge in [-0.2, -0.15) is 13.2 Å². The van der Waals surface area contributed by atoms with Crippen LogP contribution in [0.4, 0.5) is 13.2 Å². The topological polar surface area (TPSA) is 56.7 Å². The molecule has 7 heteroatoms. The molecule has 1 rings (SSSR count). The van der Waals surface area contributed by atoms with Crippen LogP contribution in [0.3, 0.4) is 0 Å². The molecular weight excluding hydrogens is 221 g/mol. The Balaban J connectivity index is 2.90. The molecule has 0 spiro atoms. The van der Waals surface area contributed by atoms with Crippen molar-refractivity contribution in [2.75, 3.05) is 6.54 Å². The van der Waals surface area contributed by atoms with Crippen molar-refractivity contribution in [1.29, 1.82) is 0 Å². The van der Waals surface area contributed by atoms with Crippen molar-refractivity contribution in [3.63, 3.8) is 0 Å². The highest BCUT2D eigenvalue weighted by Gasteiger charge is 2.30. The molecule has 0 saturated carbocycles. The molecular formula is C9H15F3N4. The molecule has 0 aliphatic heterocycles. The maximum Gasteiger partial charge on any atom is 0.408 e. The average Bonchev–Trinajstić information content (AvgIpc) is 2.49. The molecule has 92 valence electrons. The third-order valence-corrected chi connectivity index (χ3v) is 2.12. The molecule has 4 nitrogen and oxygen atoms in total. The molecule has 0 radical (unpaired) electrons. The van der Waals surface area contributed by atoms with Crippen LogP contribution in [0.5, 0.6) is 0 Å². The Morgan fingerprint density at radius 1 is 1.31 bits per heavy atom. The van der Waals surface area contributed by atoms with E-state index < -0.39 is 12.7 Å². The van der Waals surface area contributed by atoms with E-state index >= 15 is 0 Å². The van der Waals surface area contributed by atoms with Gasteiger partial charge in [0.25, 0.3) is 0 Å². The predicted molar refractivity (Wildman–Crippen MR) is 52.8 cm³/mol. The first-order valence-electron chi connectivity index (χ1n) is 5.16. The summed E-state index contributed by atoms with van der Waals surface area (Å²) in [7, 11) is 0. The maximum atomic E-state index is 12.2. The highest BCUT2D eigenvalue weighted by atomic mass is 19.4. The van der Waals surface area contributed by atoms with Crippen LogP contribution in [-0.2, 0) is 19.4 Å². The van der Waals surface area contributed by atoms with Gasteiger partial charge in [-0.25, -0.2) is 4.68 Å². The van der Waals surface area contributed by atoms with Crippen LogP contribution >= 0.6 is 0 Å². The van der Waals surface area contributed by atoms with Crippen molar-refractivity contribution in [3.05, 3.63) is 11.4 Å². The Bertz CT molecular complexity index is 332. The molecule has 16 heavy (non-hydrogen) atoms. The molecule has 0 aliphatic rings. The number of halogens is 3. The van der Waals surface area contributed by atoms with E-state index in [1.165, 1.54) is 0 Å². The largest absolute Gasteiger partial charge is 0.408 e. The Hall–Kier alpha value is -1.11. The monoisotopic (exact) mass is 236 g/mol. The van der Waals surface area contributed by atoms with Crippen LogP contribution in [0.1, 0.15) is 24.7 Å².